The van der Waals surface area contributed by atoms with Crippen LogP contribution in [0.25, 0.3) is 12.2 Å². The van der Waals surface area contributed by atoms with Crippen LogP contribution in [-0.2, 0) is 12.8 Å². The summed E-state index contributed by atoms with van der Waals surface area (Å²) in [5.74, 6) is 1.91. The normalized spacial score (nSPS) is 13.0. The van der Waals surface area contributed by atoms with Gasteiger partial charge in [-0.25, -0.2) is 0 Å². The number of ether oxygens (including phenoxy) is 1. The van der Waals surface area contributed by atoms with Gasteiger partial charge in [-0.2, -0.15) is 0 Å². The molecule has 0 fully saturated rings. The maximum absolute atomic E-state index is 10.2. The van der Waals surface area contributed by atoms with E-state index in [4.69, 9.17) is 4.74 Å². The molecule has 0 bridgehead atoms. The minimum atomic E-state index is 0.269. The lowest BCUT2D eigenvalue weighted by atomic mass is 10.1. The number of aliphatic hydroxyl groups is 1. The molecule has 0 aliphatic carbocycles. The van der Waals surface area contributed by atoms with Crippen LogP contribution in [0.4, 0.5) is 0 Å². The zero-order chi connectivity index (χ0) is 19.8. The number of hydrogen-bond donors (Lipinski definition) is 1. The van der Waals surface area contributed by atoms with Gasteiger partial charge in [0.05, 0.1) is 0 Å². The van der Waals surface area contributed by atoms with Crippen molar-refractivity contribution < 1.29 is 9.84 Å². The molecule has 0 radical (unpaired) electrons. The van der Waals surface area contributed by atoms with Crippen molar-refractivity contribution in [3.63, 3.8) is 0 Å². The highest BCUT2D eigenvalue weighted by Gasteiger charge is 1.99. The second kappa shape index (κ2) is 9.61. The second-order valence-corrected chi connectivity index (χ2v) is 6.64. The van der Waals surface area contributed by atoms with E-state index in [-0.39, 0.29) is 5.76 Å². The van der Waals surface area contributed by atoms with Gasteiger partial charge in [0.15, 0.2) is 0 Å². The molecular weight excluding hydrogens is 344 g/mol. The van der Waals surface area contributed by atoms with Crippen molar-refractivity contribution in [2.75, 3.05) is 0 Å². The molecule has 3 aromatic rings. The predicted molar refractivity (Wildman–Crippen MR) is 117 cm³/mol. The van der Waals surface area contributed by atoms with Crippen molar-refractivity contribution in [1.82, 2.24) is 0 Å². The molecular formula is C26H26O2. The summed E-state index contributed by atoms with van der Waals surface area (Å²) in [5.41, 5.74) is 2.41. The quantitative estimate of drug-likeness (QED) is 0.596. The van der Waals surface area contributed by atoms with E-state index in [0.29, 0.717) is 6.42 Å². The molecule has 3 rings (SSSR count). The Balaban J connectivity index is 1.66. The first kappa shape index (κ1) is 19.5. The first-order chi connectivity index (χ1) is 13.7. The molecule has 0 aliphatic rings. The lowest BCUT2D eigenvalue weighted by Gasteiger charge is -2.07. The molecule has 1 N–H and O–H groups in total. The maximum atomic E-state index is 10.2. The summed E-state index contributed by atoms with van der Waals surface area (Å²) < 4.78 is 5.89. The van der Waals surface area contributed by atoms with E-state index in [1.54, 1.807) is 6.08 Å². The van der Waals surface area contributed by atoms with Crippen LogP contribution in [0.1, 0.15) is 25.0 Å². The summed E-state index contributed by atoms with van der Waals surface area (Å²) in [4.78, 5) is 0. The lowest BCUT2D eigenvalue weighted by Crippen LogP contribution is -2.23. The largest absolute Gasteiger partial charge is 0.508 e. The van der Waals surface area contributed by atoms with Crippen LogP contribution >= 0.6 is 0 Å². The number of rotatable bonds is 6. The van der Waals surface area contributed by atoms with Crippen LogP contribution in [0.2, 0.25) is 0 Å². The Hall–Kier alpha value is -3.26. The zero-order valence-electron chi connectivity index (χ0n) is 16.4. The molecule has 0 heterocycles. The van der Waals surface area contributed by atoms with Gasteiger partial charge in [0.2, 0.25) is 0 Å². The summed E-state index contributed by atoms with van der Waals surface area (Å²) in [7, 11) is 0. The number of benzene rings is 3. The molecule has 3 aromatic carbocycles. The number of aryl methyl sites for hydroxylation is 1. The van der Waals surface area contributed by atoms with Gasteiger partial charge >= 0.3 is 0 Å². The fraction of sp³-hybridized carbons (Fsp3) is 0.154. The van der Waals surface area contributed by atoms with Crippen molar-refractivity contribution in [3.8, 4) is 11.5 Å². The van der Waals surface area contributed by atoms with Gasteiger partial charge in [-0.05, 0) is 77.7 Å². The van der Waals surface area contributed by atoms with Gasteiger partial charge in [-0.15, -0.1) is 0 Å². The van der Waals surface area contributed by atoms with E-state index >= 15 is 0 Å². The topological polar surface area (TPSA) is 29.5 Å². The van der Waals surface area contributed by atoms with Crippen LogP contribution in [-0.4, -0.2) is 5.11 Å². The fourth-order valence-corrected chi connectivity index (χ4v) is 2.97. The highest BCUT2D eigenvalue weighted by molar-refractivity contribution is 5.44. The summed E-state index contributed by atoms with van der Waals surface area (Å²) in [6.45, 7) is 4.13. The molecule has 142 valence electrons. The third-order valence-corrected chi connectivity index (χ3v) is 4.65. The third-order valence-electron chi connectivity index (χ3n) is 4.65. The number of aliphatic hydroxyl groups excluding tert-OH is 1. The summed E-state index contributed by atoms with van der Waals surface area (Å²) in [5, 5.41) is 12.4. The Morgan fingerprint density at radius 1 is 0.821 bits per heavy atom. The molecule has 0 amide bonds. The van der Waals surface area contributed by atoms with Crippen molar-refractivity contribution >= 4 is 12.2 Å². The van der Waals surface area contributed by atoms with Gasteiger partial charge < -0.3 is 9.84 Å². The Bertz CT molecular complexity index is 1040. The van der Waals surface area contributed by atoms with E-state index in [1.165, 1.54) is 5.56 Å². The number of allylic oxidation sites excluding steroid dienone is 2. The molecule has 0 aliphatic heterocycles. The predicted octanol–water partition coefficient (Wildman–Crippen LogP) is 5.31. The van der Waals surface area contributed by atoms with Crippen molar-refractivity contribution in [3.05, 3.63) is 106 Å². The van der Waals surface area contributed by atoms with Crippen LogP contribution < -0.4 is 15.2 Å². The van der Waals surface area contributed by atoms with E-state index in [2.05, 4.69) is 19.1 Å². The number of hydrogen-bond acceptors (Lipinski definition) is 2. The molecule has 0 saturated carbocycles. The molecule has 28 heavy (non-hydrogen) atoms. The van der Waals surface area contributed by atoms with E-state index in [0.717, 1.165) is 33.9 Å². The fourth-order valence-electron chi connectivity index (χ4n) is 2.97. The Morgan fingerprint density at radius 2 is 1.39 bits per heavy atom. The first-order valence-corrected chi connectivity index (χ1v) is 9.66. The van der Waals surface area contributed by atoms with Gasteiger partial charge in [0.1, 0.15) is 17.3 Å². The van der Waals surface area contributed by atoms with Crippen LogP contribution in [0.5, 0.6) is 11.5 Å². The van der Waals surface area contributed by atoms with Crippen LogP contribution in [0.15, 0.2) is 84.6 Å². The molecule has 0 atom stereocenters. The molecule has 0 aromatic heterocycles. The molecule has 0 saturated heterocycles. The zero-order valence-corrected chi connectivity index (χ0v) is 16.4. The summed E-state index contributed by atoms with van der Waals surface area (Å²) >= 11 is 0. The maximum Gasteiger partial charge on any atom is 0.127 e. The van der Waals surface area contributed by atoms with E-state index < -0.39 is 0 Å². The van der Waals surface area contributed by atoms with Crippen LogP contribution in [0, 0.1) is 0 Å². The van der Waals surface area contributed by atoms with Crippen molar-refractivity contribution in [2.24, 2.45) is 0 Å². The van der Waals surface area contributed by atoms with Gasteiger partial charge in [0.25, 0.3) is 0 Å². The summed E-state index contributed by atoms with van der Waals surface area (Å²) in [6, 6.07) is 24.1. The molecule has 2 heteroatoms. The standard InChI is InChI=1S/C26H26O2/c1-3-20-10-15-25(16-11-20)28-26-17-12-21(13-18-26)9-14-24(27)19-23-8-6-5-7-22(23)4-2/h4-8,10-19,27H,3,9H2,1-2H3/b22-4-,23-19-,24-14-. The summed E-state index contributed by atoms with van der Waals surface area (Å²) in [6.07, 6.45) is 7.34. The highest BCUT2D eigenvalue weighted by Crippen LogP contribution is 2.22. The van der Waals surface area contributed by atoms with Crippen LogP contribution in [0.3, 0.4) is 0 Å². The molecule has 2 nitrogen and oxygen atoms in total. The highest BCUT2D eigenvalue weighted by atomic mass is 16.5. The Kier molecular flexibility index (Phi) is 6.69. The van der Waals surface area contributed by atoms with E-state index in [9.17, 15) is 5.11 Å². The Morgan fingerprint density at radius 3 is 1.96 bits per heavy atom. The minimum absolute atomic E-state index is 0.269. The second-order valence-electron chi connectivity index (χ2n) is 6.64. The average molecular weight is 370 g/mol. The smallest absolute Gasteiger partial charge is 0.127 e. The SMILES string of the molecule is C/C=c1/cccc/c1=C/C(O)=C/Cc1ccc(Oc2ccc(CC)cc2)cc1. The van der Waals surface area contributed by atoms with Crippen molar-refractivity contribution in [1.29, 1.82) is 0 Å². The van der Waals surface area contributed by atoms with Gasteiger partial charge in [0, 0.05) is 0 Å². The average Bonchev–Trinajstić information content (AvgIpc) is 2.74. The van der Waals surface area contributed by atoms with E-state index in [1.807, 2.05) is 79.7 Å². The van der Waals surface area contributed by atoms with Gasteiger partial charge in [-0.1, -0.05) is 61.5 Å². The first-order valence-electron chi connectivity index (χ1n) is 9.66. The van der Waals surface area contributed by atoms with Gasteiger partial charge in [-0.3, -0.25) is 0 Å². The third kappa shape index (κ3) is 5.37. The Labute approximate surface area is 166 Å². The minimum Gasteiger partial charge on any atom is -0.508 e. The van der Waals surface area contributed by atoms with Crippen molar-refractivity contribution in [2.45, 2.75) is 26.7 Å². The molecule has 0 spiro atoms. The molecule has 0 unspecified atom stereocenters. The monoisotopic (exact) mass is 370 g/mol. The lowest BCUT2D eigenvalue weighted by molar-refractivity contribution is 0.439.